The smallest absolute Gasteiger partial charge is 0.163 e. The second-order valence-corrected chi connectivity index (χ2v) is 7.66. The van der Waals surface area contributed by atoms with Crippen LogP contribution in [-0.2, 0) is 6.54 Å². The normalized spacial score (nSPS) is 15.7. The van der Waals surface area contributed by atoms with E-state index in [1.54, 1.807) is 6.20 Å². The van der Waals surface area contributed by atoms with E-state index in [4.69, 9.17) is 5.73 Å². The number of aromatic nitrogens is 4. The fourth-order valence-corrected chi connectivity index (χ4v) is 4.16. The Morgan fingerprint density at radius 3 is 2.38 bits per heavy atom. The predicted molar refractivity (Wildman–Crippen MR) is 115 cm³/mol. The van der Waals surface area contributed by atoms with Gasteiger partial charge in [-0.05, 0) is 29.5 Å². The molecule has 1 aliphatic heterocycles. The van der Waals surface area contributed by atoms with Crippen LogP contribution in [0.4, 0.5) is 5.82 Å². The summed E-state index contributed by atoms with van der Waals surface area (Å²) >= 11 is 0. The van der Waals surface area contributed by atoms with Gasteiger partial charge in [0.15, 0.2) is 5.65 Å². The average Bonchev–Trinajstić information content (AvgIpc) is 3.21. The van der Waals surface area contributed by atoms with Crippen LogP contribution in [0.1, 0.15) is 24.4 Å². The number of nitrogens with zero attached hydrogens (tertiary/aromatic N) is 5. The molecule has 146 valence electrons. The zero-order valence-corrected chi connectivity index (χ0v) is 16.3. The minimum Gasteiger partial charge on any atom is -0.383 e. The van der Waals surface area contributed by atoms with E-state index in [0.717, 1.165) is 43.5 Å². The number of fused-ring (bicyclic) bond motifs is 1. The van der Waals surface area contributed by atoms with Gasteiger partial charge in [0.2, 0.25) is 0 Å². The van der Waals surface area contributed by atoms with E-state index < -0.39 is 0 Å². The quantitative estimate of drug-likeness (QED) is 0.577. The molecule has 6 heteroatoms. The highest BCUT2D eigenvalue weighted by atomic mass is 15.3. The van der Waals surface area contributed by atoms with Crippen LogP contribution < -0.4 is 5.73 Å². The Bertz CT molecular complexity index is 1100. The zero-order chi connectivity index (χ0) is 19.6. The Morgan fingerprint density at radius 1 is 0.897 bits per heavy atom. The molecular weight excluding hydrogens is 360 g/mol. The molecule has 6 nitrogen and oxygen atoms in total. The maximum absolute atomic E-state index is 5.94. The monoisotopic (exact) mass is 384 g/mol. The molecule has 3 heterocycles. The van der Waals surface area contributed by atoms with Crippen molar-refractivity contribution in [2.45, 2.75) is 25.4 Å². The maximum Gasteiger partial charge on any atom is 0.163 e. The third-order valence-corrected chi connectivity index (χ3v) is 5.79. The van der Waals surface area contributed by atoms with Crippen molar-refractivity contribution in [3.8, 4) is 11.1 Å². The molecule has 1 saturated heterocycles. The van der Waals surface area contributed by atoms with Crippen LogP contribution in [0.15, 0.2) is 67.1 Å². The van der Waals surface area contributed by atoms with Gasteiger partial charge in [-0.15, -0.1) is 0 Å². The number of hydrogen-bond donors (Lipinski definition) is 1. The molecule has 2 aromatic carbocycles. The lowest BCUT2D eigenvalue weighted by Gasteiger charge is -2.32. The van der Waals surface area contributed by atoms with Crippen molar-refractivity contribution in [1.29, 1.82) is 0 Å². The van der Waals surface area contributed by atoms with E-state index in [9.17, 15) is 0 Å². The van der Waals surface area contributed by atoms with E-state index in [-0.39, 0.29) is 0 Å². The van der Waals surface area contributed by atoms with Crippen molar-refractivity contribution in [1.82, 2.24) is 24.6 Å². The van der Waals surface area contributed by atoms with Gasteiger partial charge in [-0.25, -0.2) is 14.6 Å². The molecule has 0 spiro atoms. The summed E-state index contributed by atoms with van der Waals surface area (Å²) in [5.74, 6) is 0.498. The molecule has 0 bridgehead atoms. The molecule has 1 fully saturated rings. The van der Waals surface area contributed by atoms with Crippen LogP contribution in [-0.4, -0.2) is 37.7 Å². The van der Waals surface area contributed by atoms with Gasteiger partial charge in [0.05, 0.1) is 17.6 Å². The Balaban J connectivity index is 1.22. The third kappa shape index (κ3) is 3.59. The summed E-state index contributed by atoms with van der Waals surface area (Å²) in [5.41, 5.74) is 10.7. The number of nitrogen functional groups attached to an aromatic ring is 1. The van der Waals surface area contributed by atoms with Crippen LogP contribution >= 0.6 is 0 Å². The highest BCUT2D eigenvalue weighted by Crippen LogP contribution is 2.27. The van der Waals surface area contributed by atoms with Gasteiger partial charge >= 0.3 is 0 Å². The molecule has 2 N–H and O–H groups in total. The number of hydrogen-bond acceptors (Lipinski definition) is 5. The summed E-state index contributed by atoms with van der Waals surface area (Å²) < 4.78 is 2.03. The van der Waals surface area contributed by atoms with E-state index in [1.807, 2.05) is 4.68 Å². The third-order valence-electron chi connectivity index (χ3n) is 5.79. The Labute approximate surface area is 170 Å². The van der Waals surface area contributed by atoms with Crippen molar-refractivity contribution in [2.24, 2.45) is 0 Å². The van der Waals surface area contributed by atoms with Gasteiger partial charge in [-0.1, -0.05) is 54.6 Å². The fraction of sp³-hybridized carbons (Fsp3) is 0.261. The Kier molecular flexibility index (Phi) is 4.69. The van der Waals surface area contributed by atoms with Gasteiger partial charge in [0.25, 0.3) is 0 Å². The van der Waals surface area contributed by atoms with Crippen LogP contribution in [0.2, 0.25) is 0 Å². The first-order chi connectivity index (χ1) is 14.3. The van der Waals surface area contributed by atoms with Gasteiger partial charge in [-0.3, -0.25) is 4.90 Å². The van der Waals surface area contributed by atoms with Crippen LogP contribution in [0, 0.1) is 0 Å². The molecular formula is C23H24N6. The standard InChI is InChI=1S/C23H24N6/c24-22-21-14-27-29(23(21)26-16-25-22)20-10-12-28(13-11-20)15-17-6-8-19(9-7-17)18-4-2-1-3-5-18/h1-9,14,16,20H,10-13,15H2,(H2,24,25,26). The van der Waals surface area contributed by atoms with Gasteiger partial charge in [0.1, 0.15) is 12.1 Å². The summed E-state index contributed by atoms with van der Waals surface area (Å²) in [6.07, 6.45) is 5.42. The number of benzene rings is 2. The van der Waals surface area contributed by atoms with Crippen LogP contribution in [0.3, 0.4) is 0 Å². The highest BCUT2D eigenvalue weighted by molar-refractivity contribution is 5.84. The molecule has 0 radical (unpaired) electrons. The minimum atomic E-state index is 0.360. The largest absolute Gasteiger partial charge is 0.383 e. The van der Waals surface area contributed by atoms with Gasteiger partial charge in [-0.2, -0.15) is 5.10 Å². The topological polar surface area (TPSA) is 72.9 Å². The molecule has 1 aliphatic rings. The molecule has 29 heavy (non-hydrogen) atoms. The number of piperidine rings is 1. The summed E-state index contributed by atoms with van der Waals surface area (Å²) in [6.45, 7) is 3.08. The second kappa shape index (κ2) is 7.64. The number of rotatable bonds is 4. The van der Waals surface area contributed by atoms with E-state index >= 15 is 0 Å². The van der Waals surface area contributed by atoms with Crippen molar-refractivity contribution < 1.29 is 0 Å². The van der Waals surface area contributed by atoms with Gasteiger partial charge < -0.3 is 5.73 Å². The lowest BCUT2D eigenvalue weighted by atomic mass is 10.0. The van der Waals surface area contributed by atoms with Crippen molar-refractivity contribution in [3.05, 3.63) is 72.7 Å². The molecule has 2 aromatic heterocycles. The summed E-state index contributed by atoms with van der Waals surface area (Å²) in [5, 5.41) is 5.38. The Hall–Kier alpha value is -3.25. The van der Waals surface area contributed by atoms with Crippen molar-refractivity contribution in [3.63, 3.8) is 0 Å². The first-order valence-electron chi connectivity index (χ1n) is 10.1. The number of nitrogens with two attached hydrogens (primary N) is 1. The minimum absolute atomic E-state index is 0.360. The first kappa shape index (κ1) is 17.8. The molecule has 0 amide bonds. The van der Waals surface area contributed by atoms with E-state index in [2.05, 4.69) is 74.6 Å². The van der Waals surface area contributed by atoms with Gasteiger partial charge in [0, 0.05) is 19.6 Å². The molecule has 5 rings (SSSR count). The molecule has 0 atom stereocenters. The van der Waals surface area contributed by atoms with Crippen LogP contribution in [0.5, 0.6) is 0 Å². The maximum atomic E-state index is 5.94. The molecule has 0 aliphatic carbocycles. The highest BCUT2D eigenvalue weighted by Gasteiger charge is 2.23. The zero-order valence-electron chi connectivity index (χ0n) is 16.3. The second-order valence-electron chi connectivity index (χ2n) is 7.66. The number of likely N-dealkylation sites (tertiary alicyclic amines) is 1. The average molecular weight is 384 g/mol. The van der Waals surface area contributed by atoms with E-state index in [1.165, 1.54) is 23.0 Å². The summed E-state index contributed by atoms with van der Waals surface area (Å²) in [4.78, 5) is 11.0. The predicted octanol–water partition coefficient (Wildman–Crippen LogP) is 3.91. The number of anilines is 1. The van der Waals surface area contributed by atoms with Crippen molar-refractivity contribution >= 4 is 16.9 Å². The molecule has 0 saturated carbocycles. The lowest BCUT2D eigenvalue weighted by Crippen LogP contribution is -2.34. The lowest BCUT2D eigenvalue weighted by molar-refractivity contribution is 0.175. The van der Waals surface area contributed by atoms with E-state index in [0.29, 0.717) is 11.9 Å². The molecule has 4 aromatic rings. The van der Waals surface area contributed by atoms with Crippen LogP contribution in [0.25, 0.3) is 22.2 Å². The summed E-state index contributed by atoms with van der Waals surface area (Å²) in [7, 11) is 0. The fourth-order valence-electron chi connectivity index (χ4n) is 4.16. The van der Waals surface area contributed by atoms with Crippen molar-refractivity contribution in [2.75, 3.05) is 18.8 Å². The Morgan fingerprint density at radius 2 is 1.62 bits per heavy atom. The molecule has 0 unspecified atom stereocenters. The first-order valence-corrected chi connectivity index (χ1v) is 10.1. The summed E-state index contributed by atoms with van der Waals surface area (Å²) in [6, 6.07) is 19.8. The SMILES string of the molecule is Nc1ncnc2c1cnn2C1CCN(Cc2ccc(-c3ccccc3)cc2)CC1.